The summed E-state index contributed by atoms with van der Waals surface area (Å²) in [6.07, 6.45) is 6.13. The van der Waals surface area contributed by atoms with Gasteiger partial charge in [0.2, 0.25) is 10.0 Å². The first-order valence-electron chi connectivity index (χ1n) is 10.1. The summed E-state index contributed by atoms with van der Waals surface area (Å²) in [4.78, 5) is 15.0. The van der Waals surface area contributed by atoms with E-state index in [2.05, 4.69) is 10.2 Å². The quantitative estimate of drug-likeness (QED) is 0.653. The van der Waals surface area contributed by atoms with Crippen LogP contribution >= 0.6 is 0 Å². The number of amides is 1. The topological polar surface area (TPSA) is 69.7 Å². The maximum atomic E-state index is 12.5. The molecule has 0 aromatic heterocycles. The van der Waals surface area contributed by atoms with E-state index in [1.807, 2.05) is 13.8 Å². The number of hydrogen-bond donors (Lipinski definition) is 1. The average molecular weight is 396 g/mol. The molecule has 0 spiro atoms. The number of carbonyl (C=O) groups is 1. The summed E-state index contributed by atoms with van der Waals surface area (Å²) >= 11 is 0. The minimum Gasteiger partial charge on any atom is -0.352 e. The van der Waals surface area contributed by atoms with E-state index >= 15 is 0 Å². The SMILES string of the molecule is CCN(CC)S(=O)(=O)c1ccc(C(=O)NCCCN2CCCCCC2)cc1. The van der Waals surface area contributed by atoms with Gasteiger partial charge >= 0.3 is 0 Å². The van der Waals surface area contributed by atoms with Gasteiger partial charge in [-0.25, -0.2) is 8.42 Å². The Kier molecular flexibility index (Phi) is 8.73. The molecule has 0 atom stereocenters. The molecule has 0 saturated carbocycles. The maximum absolute atomic E-state index is 12.5. The van der Waals surface area contributed by atoms with Crippen LogP contribution in [0.1, 0.15) is 56.3 Å². The molecule has 0 unspecified atom stereocenters. The fourth-order valence-electron chi connectivity index (χ4n) is 3.46. The van der Waals surface area contributed by atoms with Crippen molar-refractivity contribution in [3.8, 4) is 0 Å². The standard InChI is InChI=1S/C20H33N3O3S/c1-3-23(4-2)27(25,26)19-12-10-18(11-13-19)20(24)21-14-9-17-22-15-7-5-6-8-16-22/h10-13H,3-9,14-17H2,1-2H3,(H,21,24). The van der Waals surface area contributed by atoms with Crippen molar-refractivity contribution >= 4 is 15.9 Å². The van der Waals surface area contributed by atoms with E-state index in [0.717, 1.165) is 26.1 Å². The summed E-state index contributed by atoms with van der Waals surface area (Å²) < 4.78 is 26.4. The van der Waals surface area contributed by atoms with Gasteiger partial charge in [-0.15, -0.1) is 0 Å². The van der Waals surface area contributed by atoms with Crippen LogP contribution in [-0.2, 0) is 10.0 Å². The Morgan fingerprint density at radius 3 is 2.19 bits per heavy atom. The fraction of sp³-hybridized carbons (Fsp3) is 0.650. The smallest absolute Gasteiger partial charge is 0.251 e. The molecule has 0 bridgehead atoms. The molecule has 1 saturated heterocycles. The van der Waals surface area contributed by atoms with Gasteiger partial charge in [0.15, 0.2) is 0 Å². The highest BCUT2D eigenvalue weighted by molar-refractivity contribution is 7.89. The lowest BCUT2D eigenvalue weighted by atomic mass is 10.2. The first-order valence-corrected chi connectivity index (χ1v) is 11.5. The number of hydrogen-bond acceptors (Lipinski definition) is 4. The van der Waals surface area contributed by atoms with Crippen molar-refractivity contribution in [2.45, 2.75) is 50.8 Å². The molecule has 1 aromatic rings. The zero-order chi connectivity index (χ0) is 19.7. The molecular weight excluding hydrogens is 362 g/mol. The molecule has 1 heterocycles. The summed E-state index contributed by atoms with van der Waals surface area (Å²) in [5.41, 5.74) is 0.489. The van der Waals surface area contributed by atoms with Gasteiger partial charge in [0.05, 0.1) is 4.90 Å². The minimum absolute atomic E-state index is 0.155. The van der Waals surface area contributed by atoms with Gasteiger partial charge < -0.3 is 10.2 Å². The molecular formula is C20H33N3O3S. The van der Waals surface area contributed by atoms with Crippen molar-refractivity contribution in [3.05, 3.63) is 29.8 Å². The lowest BCUT2D eigenvalue weighted by Gasteiger charge is -2.19. The predicted octanol–water partition coefficient (Wildman–Crippen LogP) is 2.71. The van der Waals surface area contributed by atoms with Crippen molar-refractivity contribution in [1.29, 1.82) is 0 Å². The largest absolute Gasteiger partial charge is 0.352 e. The highest BCUT2D eigenvalue weighted by Crippen LogP contribution is 2.16. The van der Waals surface area contributed by atoms with E-state index in [-0.39, 0.29) is 10.8 Å². The van der Waals surface area contributed by atoms with Gasteiger partial charge in [-0.1, -0.05) is 26.7 Å². The van der Waals surface area contributed by atoms with E-state index in [9.17, 15) is 13.2 Å². The Hall–Kier alpha value is -1.44. The Bertz CT molecular complexity index is 677. The first-order chi connectivity index (χ1) is 13.0. The Balaban J connectivity index is 1.83. The summed E-state index contributed by atoms with van der Waals surface area (Å²) in [6, 6.07) is 6.20. The van der Waals surface area contributed by atoms with Gasteiger partial charge in [-0.05, 0) is 63.2 Å². The van der Waals surface area contributed by atoms with E-state index in [4.69, 9.17) is 0 Å². The highest BCUT2D eigenvalue weighted by atomic mass is 32.2. The minimum atomic E-state index is -3.48. The molecule has 1 aromatic carbocycles. The normalized spacial score (nSPS) is 16.3. The Labute approximate surface area is 164 Å². The third-order valence-electron chi connectivity index (χ3n) is 5.10. The first kappa shape index (κ1) is 21.9. The van der Waals surface area contributed by atoms with Crippen LogP contribution in [0.15, 0.2) is 29.2 Å². The highest BCUT2D eigenvalue weighted by Gasteiger charge is 2.21. The fourth-order valence-corrected chi connectivity index (χ4v) is 4.92. The van der Waals surface area contributed by atoms with Crippen LogP contribution in [0.25, 0.3) is 0 Å². The van der Waals surface area contributed by atoms with Crippen LogP contribution in [0.3, 0.4) is 0 Å². The van der Waals surface area contributed by atoms with Crippen LogP contribution in [0.5, 0.6) is 0 Å². The molecule has 27 heavy (non-hydrogen) atoms. The Morgan fingerprint density at radius 2 is 1.63 bits per heavy atom. The van der Waals surface area contributed by atoms with E-state index < -0.39 is 10.0 Å². The third-order valence-corrected chi connectivity index (χ3v) is 7.16. The van der Waals surface area contributed by atoms with E-state index in [0.29, 0.717) is 25.2 Å². The second-order valence-electron chi connectivity index (χ2n) is 6.98. The molecule has 7 heteroatoms. The summed E-state index contributed by atoms with van der Waals surface area (Å²) in [5.74, 6) is -0.155. The van der Waals surface area contributed by atoms with Crippen LogP contribution in [0.4, 0.5) is 0 Å². The Morgan fingerprint density at radius 1 is 1.04 bits per heavy atom. The van der Waals surface area contributed by atoms with E-state index in [1.165, 1.54) is 42.1 Å². The van der Waals surface area contributed by atoms with Gasteiger partial charge in [0.1, 0.15) is 0 Å². The van der Waals surface area contributed by atoms with Crippen molar-refractivity contribution in [1.82, 2.24) is 14.5 Å². The number of sulfonamides is 1. The molecule has 1 aliphatic heterocycles. The number of rotatable bonds is 9. The monoisotopic (exact) mass is 395 g/mol. The number of benzene rings is 1. The predicted molar refractivity (Wildman–Crippen MR) is 108 cm³/mol. The summed E-state index contributed by atoms with van der Waals surface area (Å²) in [5, 5.41) is 2.93. The molecule has 1 amide bonds. The van der Waals surface area contributed by atoms with Crippen molar-refractivity contribution in [3.63, 3.8) is 0 Å². The molecule has 2 rings (SSSR count). The molecule has 0 aliphatic carbocycles. The van der Waals surface area contributed by atoms with Crippen LogP contribution in [-0.4, -0.2) is 62.8 Å². The number of carbonyl (C=O) groups excluding carboxylic acids is 1. The molecule has 1 aliphatic rings. The number of likely N-dealkylation sites (tertiary alicyclic amines) is 1. The van der Waals surface area contributed by atoms with Gasteiger partial charge in [0, 0.05) is 25.2 Å². The third kappa shape index (κ3) is 6.30. The van der Waals surface area contributed by atoms with Gasteiger partial charge in [-0.3, -0.25) is 4.79 Å². The summed E-state index contributed by atoms with van der Waals surface area (Å²) in [7, 11) is -3.48. The van der Waals surface area contributed by atoms with Gasteiger partial charge in [-0.2, -0.15) is 4.31 Å². The lowest BCUT2D eigenvalue weighted by molar-refractivity contribution is 0.0951. The lowest BCUT2D eigenvalue weighted by Crippen LogP contribution is -2.31. The zero-order valence-electron chi connectivity index (χ0n) is 16.6. The second-order valence-corrected chi connectivity index (χ2v) is 8.92. The molecule has 0 radical (unpaired) electrons. The van der Waals surface area contributed by atoms with Crippen LogP contribution in [0.2, 0.25) is 0 Å². The molecule has 1 N–H and O–H groups in total. The van der Waals surface area contributed by atoms with E-state index in [1.54, 1.807) is 12.1 Å². The van der Waals surface area contributed by atoms with Gasteiger partial charge in [0.25, 0.3) is 5.91 Å². The number of nitrogens with zero attached hydrogens (tertiary/aromatic N) is 2. The summed E-state index contributed by atoms with van der Waals surface area (Å²) in [6.45, 7) is 8.46. The molecule has 152 valence electrons. The van der Waals surface area contributed by atoms with Crippen molar-refractivity contribution in [2.24, 2.45) is 0 Å². The van der Waals surface area contributed by atoms with Crippen LogP contribution in [0, 0.1) is 0 Å². The second kappa shape index (κ2) is 10.8. The molecule has 1 fully saturated rings. The number of nitrogens with one attached hydrogen (secondary N) is 1. The van der Waals surface area contributed by atoms with Crippen molar-refractivity contribution < 1.29 is 13.2 Å². The van der Waals surface area contributed by atoms with Crippen LogP contribution < -0.4 is 5.32 Å². The molecule has 6 nitrogen and oxygen atoms in total. The zero-order valence-corrected chi connectivity index (χ0v) is 17.4. The average Bonchev–Trinajstić information content (AvgIpc) is 2.95. The van der Waals surface area contributed by atoms with Crippen molar-refractivity contribution in [2.75, 3.05) is 39.3 Å². The maximum Gasteiger partial charge on any atom is 0.251 e.